The maximum Gasteiger partial charge on any atom is 0.256 e. The minimum Gasteiger partial charge on any atom is -0.317 e. The zero-order valence-corrected chi connectivity index (χ0v) is 24.0. The molecule has 0 aliphatic heterocycles. The Balaban J connectivity index is 0.00000562. The Morgan fingerprint density at radius 1 is 1.06 bits per heavy atom. The second kappa shape index (κ2) is 20.8. The number of hydrogen-bond donors (Lipinski definition) is 1. The molecular weight excluding hydrogens is 448 g/mol. The molecule has 1 rings (SSSR count). The first-order valence-electron chi connectivity index (χ1n) is 12.9. The number of aliphatic imine (C=N–C) groups is 1. The Kier molecular flexibility index (Phi) is 19.2. The predicted molar refractivity (Wildman–Crippen MR) is 160 cm³/mol. The summed E-state index contributed by atoms with van der Waals surface area (Å²) in [5.41, 5.74) is 4.89. The molecule has 0 bridgehead atoms. The number of rotatable bonds is 13. The third-order valence-electron chi connectivity index (χ3n) is 4.80. The third-order valence-corrected chi connectivity index (χ3v) is 5.79. The summed E-state index contributed by atoms with van der Waals surface area (Å²) in [6, 6.07) is 5.69. The molecule has 0 saturated carbocycles. The van der Waals surface area contributed by atoms with Crippen molar-refractivity contribution in [2.24, 2.45) is 4.99 Å². The van der Waals surface area contributed by atoms with E-state index in [-0.39, 0.29) is 5.91 Å². The van der Waals surface area contributed by atoms with E-state index in [1.807, 2.05) is 64.3 Å². The molecule has 1 aromatic carbocycles. The highest BCUT2D eigenvalue weighted by molar-refractivity contribution is 8.05. The van der Waals surface area contributed by atoms with Crippen molar-refractivity contribution in [1.29, 1.82) is 0 Å². The number of amides is 1. The number of thioether (sulfide) groups is 1. The lowest BCUT2D eigenvalue weighted by Crippen LogP contribution is -2.21. The minimum absolute atomic E-state index is 0.111. The molecule has 0 fully saturated rings. The first-order chi connectivity index (χ1) is 17.0. The maximum absolute atomic E-state index is 13.0. The van der Waals surface area contributed by atoms with Crippen LogP contribution in [0.25, 0.3) is 0 Å². The van der Waals surface area contributed by atoms with Crippen LogP contribution < -0.4 is 5.32 Å². The molecule has 35 heavy (non-hydrogen) atoms. The van der Waals surface area contributed by atoms with Crippen LogP contribution in [0, 0.1) is 6.92 Å². The Labute approximate surface area is 219 Å². The number of nitrogens with one attached hydrogen (secondary N) is 1. The van der Waals surface area contributed by atoms with Gasteiger partial charge in [0.15, 0.2) is 0 Å². The summed E-state index contributed by atoms with van der Waals surface area (Å²) in [5, 5.41) is 6.06. The lowest BCUT2D eigenvalue weighted by Gasteiger charge is -2.10. The van der Waals surface area contributed by atoms with Crippen molar-refractivity contribution < 1.29 is 4.79 Å². The number of benzene rings is 1. The van der Waals surface area contributed by atoms with E-state index >= 15 is 0 Å². The normalized spacial score (nSPS) is 13.0. The molecular formula is C31H46N2OS. The van der Waals surface area contributed by atoms with Gasteiger partial charge in [0.05, 0.1) is 10.7 Å². The van der Waals surface area contributed by atoms with Crippen molar-refractivity contribution in [3.63, 3.8) is 0 Å². The van der Waals surface area contributed by atoms with Gasteiger partial charge in [-0.3, -0.25) is 9.79 Å². The number of carbonyl (C=O) groups excluding carboxylic acids is 1. The number of allylic oxidation sites excluding steroid dienone is 8. The van der Waals surface area contributed by atoms with Crippen LogP contribution in [0.4, 0.5) is 5.69 Å². The van der Waals surface area contributed by atoms with Gasteiger partial charge in [0, 0.05) is 11.8 Å². The highest BCUT2D eigenvalue weighted by Crippen LogP contribution is 2.24. The molecule has 0 unspecified atom stereocenters. The van der Waals surface area contributed by atoms with E-state index in [4.69, 9.17) is 0 Å². The molecule has 1 aromatic rings. The number of nitrogens with zero attached hydrogens (tertiary/aromatic N) is 1. The minimum atomic E-state index is -0.111. The predicted octanol–water partition coefficient (Wildman–Crippen LogP) is 10.0. The zero-order valence-electron chi connectivity index (χ0n) is 23.2. The van der Waals surface area contributed by atoms with Crippen LogP contribution in [0.1, 0.15) is 96.5 Å². The highest BCUT2D eigenvalue weighted by atomic mass is 32.2. The average Bonchev–Trinajstić information content (AvgIpc) is 2.87. The highest BCUT2D eigenvalue weighted by Gasteiger charge is 2.10. The summed E-state index contributed by atoms with van der Waals surface area (Å²) in [7, 11) is 0. The van der Waals surface area contributed by atoms with Crippen molar-refractivity contribution in [2.75, 3.05) is 0 Å². The van der Waals surface area contributed by atoms with Crippen molar-refractivity contribution in [1.82, 2.24) is 5.32 Å². The second-order valence-electron chi connectivity index (χ2n) is 7.78. The molecule has 4 heteroatoms. The van der Waals surface area contributed by atoms with Crippen LogP contribution in [0.5, 0.6) is 0 Å². The van der Waals surface area contributed by atoms with Crippen molar-refractivity contribution in [3.8, 4) is 0 Å². The van der Waals surface area contributed by atoms with Gasteiger partial charge in [-0.05, 0) is 74.3 Å². The fourth-order valence-electron chi connectivity index (χ4n) is 2.84. The monoisotopic (exact) mass is 494 g/mol. The molecule has 0 aliphatic carbocycles. The van der Waals surface area contributed by atoms with Gasteiger partial charge in [-0.1, -0.05) is 102 Å². The second-order valence-corrected chi connectivity index (χ2v) is 8.70. The first-order valence-corrected chi connectivity index (χ1v) is 13.8. The maximum atomic E-state index is 13.0. The fourth-order valence-corrected chi connectivity index (χ4v) is 3.65. The van der Waals surface area contributed by atoms with Crippen molar-refractivity contribution >= 4 is 29.6 Å². The van der Waals surface area contributed by atoms with Gasteiger partial charge in [-0.25, -0.2) is 0 Å². The average molecular weight is 495 g/mol. The van der Waals surface area contributed by atoms with Gasteiger partial charge in [-0.15, -0.1) is 0 Å². The number of aryl methyl sites for hydroxylation is 1. The molecule has 1 N–H and O–H groups in total. The zero-order chi connectivity index (χ0) is 26.5. The summed E-state index contributed by atoms with van der Waals surface area (Å²) in [6.07, 6.45) is 19.3. The number of unbranched alkanes of at least 4 members (excludes halogenated alkanes) is 2. The summed E-state index contributed by atoms with van der Waals surface area (Å²) in [5.74, 6) is -0.111. The Hall–Kier alpha value is -2.59. The van der Waals surface area contributed by atoms with Crippen LogP contribution in [0.15, 0.2) is 81.2 Å². The largest absolute Gasteiger partial charge is 0.317 e. The van der Waals surface area contributed by atoms with Gasteiger partial charge >= 0.3 is 0 Å². The topological polar surface area (TPSA) is 41.5 Å². The van der Waals surface area contributed by atoms with E-state index in [9.17, 15) is 4.79 Å². The quantitative estimate of drug-likeness (QED) is 0.219. The van der Waals surface area contributed by atoms with Gasteiger partial charge in [0.1, 0.15) is 0 Å². The van der Waals surface area contributed by atoms with Crippen LogP contribution in [-0.4, -0.2) is 12.1 Å². The molecule has 0 radical (unpaired) electrons. The Morgan fingerprint density at radius 3 is 2.40 bits per heavy atom. The molecule has 0 atom stereocenters. The number of hydrogen-bond acceptors (Lipinski definition) is 3. The molecule has 3 nitrogen and oxygen atoms in total. The number of carbonyl (C=O) groups is 1. The first kappa shape index (κ1) is 32.4. The fraction of sp³-hybridized carbons (Fsp3) is 0.419. The standard InChI is InChI=1S/C29H40N2OS.C2H6/c1-7-11-14-16-25(15-10-4)24(6)22-33-28(17-12-8-2)31-29(32)26-19-18-23(5)27(21-26)30-20-13-9-3;1-2/h7,11,14-22H,8-10,12-13H2,1-6H3,(H,31,32);1-2H3/b11-7-,16-14-,24-22+,25-15+,28-17+,30-20?;. The Bertz CT molecular complexity index is 933. The van der Waals surface area contributed by atoms with E-state index in [1.165, 1.54) is 11.1 Å². The molecule has 1 amide bonds. The Morgan fingerprint density at radius 2 is 1.77 bits per heavy atom. The molecule has 0 aromatic heterocycles. The SMILES string of the molecule is CC.C\C=C/C=C\C(=C/CC)C(\C)=C\S/C(=C/CCC)NC(=O)c1ccc(C)c(N=CCCC)c1. The summed E-state index contributed by atoms with van der Waals surface area (Å²) in [6.45, 7) is 16.5. The van der Waals surface area contributed by atoms with Crippen molar-refractivity contribution in [3.05, 3.63) is 87.4 Å². The molecule has 0 heterocycles. The van der Waals surface area contributed by atoms with E-state index in [1.54, 1.807) is 11.8 Å². The van der Waals surface area contributed by atoms with Crippen LogP contribution in [-0.2, 0) is 0 Å². The van der Waals surface area contributed by atoms with E-state index in [0.29, 0.717) is 5.56 Å². The van der Waals surface area contributed by atoms with Crippen LogP contribution in [0.3, 0.4) is 0 Å². The van der Waals surface area contributed by atoms with Crippen LogP contribution >= 0.6 is 11.8 Å². The van der Waals surface area contributed by atoms with E-state index in [2.05, 4.69) is 67.7 Å². The summed E-state index contributed by atoms with van der Waals surface area (Å²) < 4.78 is 0. The molecule has 192 valence electrons. The van der Waals surface area contributed by atoms with Gasteiger partial charge in [0.25, 0.3) is 5.91 Å². The van der Waals surface area contributed by atoms with E-state index < -0.39 is 0 Å². The molecule has 0 saturated heterocycles. The van der Waals surface area contributed by atoms with Crippen molar-refractivity contribution in [2.45, 2.75) is 87.5 Å². The lowest BCUT2D eigenvalue weighted by molar-refractivity contribution is 0.0968. The molecule has 0 spiro atoms. The smallest absolute Gasteiger partial charge is 0.256 e. The van der Waals surface area contributed by atoms with Crippen LogP contribution in [0.2, 0.25) is 0 Å². The van der Waals surface area contributed by atoms with Gasteiger partial charge in [0.2, 0.25) is 0 Å². The molecule has 0 aliphatic rings. The van der Waals surface area contributed by atoms with Gasteiger partial charge in [-0.2, -0.15) is 0 Å². The third kappa shape index (κ3) is 13.8. The summed E-state index contributed by atoms with van der Waals surface area (Å²) in [4.78, 5) is 17.5. The summed E-state index contributed by atoms with van der Waals surface area (Å²) >= 11 is 1.55. The van der Waals surface area contributed by atoms with E-state index in [0.717, 1.165) is 48.4 Å². The van der Waals surface area contributed by atoms with Gasteiger partial charge < -0.3 is 5.32 Å². The lowest BCUT2D eigenvalue weighted by atomic mass is 10.1.